The monoisotopic (exact) mass is 503 g/mol. The van der Waals surface area contributed by atoms with Crippen molar-refractivity contribution >= 4 is 34.5 Å². The summed E-state index contributed by atoms with van der Waals surface area (Å²) >= 11 is 3.11. The van der Waals surface area contributed by atoms with E-state index in [1.807, 2.05) is 77.5 Å². The molecular formula is C28H29N3O2S2. The summed E-state index contributed by atoms with van der Waals surface area (Å²) in [6.45, 7) is 0.372. The lowest BCUT2D eigenvalue weighted by Crippen LogP contribution is -2.46. The van der Waals surface area contributed by atoms with Crippen LogP contribution in [0, 0.1) is 0 Å². The molecule has 1 aliphatic carbocycles. The fraction of sp³-hybridized carbons (Fsp3) is 0.286. The molecule has 1 saturated carbocycles. The summed E-state index contributed by atoms with van der Waals surface area (Å²) in [5.74, 6) is -0.281. The molecule has 1 aliphatic rings. The van der Waals surface area contributed by atoms with Crippen molar-refractivity contribution in [3.05, 3.63) is 92.9 Å². The largest absolute Gasteiger partial charge is 0.351 e. The Morgan fingerprint density at radius 2 is 1.69 bits per heavy atom. The fourth-order valence-corrected chi connectivity index (χ4v) is 6.25. The number of thiophene rings is 2. The van der Waals surface area contributed by atoms with Crippen LogP contribution in [0.3, 0.4) is 0 Å². The number of carbonyl (C=O) groups is 2. The predicted octanol–water partition coefficient (Wildman–Crippen LogP) is 6.64. The summed E-state index contributed by atoms with van der Waals surface area (Å²) in [6.07, 6.45) is 5.49. The molecule has 0 saturated heterocycles. The minimum Gasteiger partial charge on any atom is -0.351 e. The molecule has 4 aromatic rings. The first-order valence-corrected chi connectivity index (χ1v) is 13.9. The molecule has 7 heteroatoms. The van der Waals surface area contributed by atoms with Crippen LogP contribution in [0.1, 0.15) is 58.4 Å². The minimum atomic E-state index is -0.685. The van der Waals surface area contributed by atoms with Gasteiger partial charge in [0, 0.05) is 21.5 Å². The Hall–Kier alpha value is -3.16. The van der Waals surface area contributed by atoms with E-state index in [2.05, 4.69) is 10.3 Å². The molecule has 35 heavy (non-hydrogen) atoms. The zero-order chi connectivity index (χ0) is 24.0. The SMILES string of the molecule is O=C(NC1CCCCC1)[C@@H](c1cccs1)N(Cc1cccs1)C(=O)c1ccc(-c2ccccc2)[nH]1. The van der Waals surface area contributed by atoms with Gasteiger partial charge in [0.05, 0.1) is 6.54 Å². The van der Waals surface area contributed by atoms with Gasteiger partial charge >= 0.3 is 0 Å². The number of H-pyrrole nitrogens is 1. The average molecular weight is 504 g/mol. The quantitative estimate of drug-likeness (QED) is 0.283. The van der Waals surface area contributed by atoms with Gasteiger partial charge in [0.1, 0.15) is 11.7 Å². The number of hydrogen-bond donors (Lipinski definition) is 2. The van der Waals surface area contributed by atoms with Gasteiger partial charge in [0.25, 0.3) is 5.91 Å². The van der Waals surface area contributed by atoms with Gasteiger partial charge in [-0.05, 0) is 53.4 Å². The number of benzene rings is 1. The van der Waals surface area contributed by atoms with Crippen LogP contribution >= 0.6 is 22.7 Å². The standard InChI is InChI=1S/C28H29N3O2S2/c32-27(29-21-11-5-2-6-12-21)26(25-14-8-18-35-25)31(19-22-13-7-17-34-22)28(33)24-16-15-23(30-24)20-9-3-1-4-10-20/h1,3-4,7-10,13-18,21,26,30H,2,5-6,11-12,19H2,(H,29,32)/t26-/m1/s1. The number of nitrogens with zero attached hydrogens (tertiary/aromatic N) is 1. The highest BCUT2D eigenvalue weighted by molar-refractivity contribution is 7.10. The third-order valence-corrected chi connectivity index (χ3v) is 8.28. The minimum absolute atomic E-state index is 0.0981. The number of nitrogens with one attached hydrogen (secondary N) is 2. The van der Waals surface area contributed by atoms with Crippen LogP contribution in [0.5, 0.6) is 0 Å². The third kappa shape index (κ3) is 5.57. The number of amides is 2. The van der Waals surface area contributed by atoms with Gasteiger partial charge in [-0.15, -0.1) is 22.7 Å². The van der Waals surface area contributed by atoms with Crippen molar-refractivity contribution in [2.45, 2.75) is 50.7 Å². The molecule has 0 radical (unpaired) electrons. The van der Waals surface area contributed by atoms with Crippen molar-refractivity contribution in [2.75, 3.05) is 0 Å². The summed E-state index contributed by atoms with van der Waals surface area (Å²) in [5, 5.41) is 7.24. The lowest BCUT2D eigenvalue weighted by atomic mass is 9.95. The highest BCUT2D eigenvalue weighted by Crippen LogP contribution is 2.31. The van der Waals surface area contributed by atoms with E-state index in [1.165, 1.54) is 17.8 Å². The maximum atomic E-state index is 14.0. The van der Waals surface area contributed by atoms with E-state index in [4.69, 9.17) is 0 Å². The van der Waals surface area contributed by atoms with Gasteiger partial charge in [-0.2, -0.15) is 0 Å². The van der Waals surface area contributed by atoms with Gasteiger partial charge in [-0.3, -0.25) is 9.59 Å². The second-order valence-electron chi connectivity index (χ2n) is 8.93. The van der Waals surface area contributed by atoms with E-state index in [0.717, 1.165) is 46.7 Å². The number of rotatable bonds is 8. The lowest BCUT2D eigenvalue weighted by molar-refractivity contribution is -0.127. The van der Waals surface area contributed by atoms with E-state index in [9.17, 15) is 9.59 Å². The first-order valence-electron chi connectivity index (χ1n) is 12.1. The van der Waals surface area contributed by atoms with Gasteiger partial charge < -0.3 is 15.2 Å². The lowest BCUT2D eigenvalue weighted by Gasteiger charge is -2.32. The molecule has 5 nitrogen and oxygen atoms in total. The molecule has 2 amide bonds. The second-order valence-corrected chi connectivity index (χ2v) is 10.9. The number of hydrogen-bond acceptors (Lipinski definition) is 4. The molecule has 0 unspecified atom stereocenters. The molecule has 1 aromatic carbocycles. The van der Waals surface area contributed by atoms with Gasteiger partial charge in [-0.25, -0.2) is 0 Å². The Morgan fingerprint density at radius 1 is 0.914 bits per heavy atom. The Balaban J connectivity index is 1.47. The summed E-state index contributed by atoms with van der Waals surface area (Å²) in [7, 11) is 0. The second kappa shape index (κ2) is 11.1. The van der Waals surface area contributed by atoms with Crippen molar-refractivity contribution in [1.29, 1.82) is 0 Å². The topological polar surface area (TPSA) is 65.2 Å². The van der Waals surface area contributed by atoms with Crippen LogP contribution in [0.2, 0.25) is 0 Å². The predicted molar refractivity (Wildman–Crippen MR) is 142 cm³/mol. The van der Waals surface area contributed by atoms with Crippen molar-refractivity contribution in [2.24, 2.45) is 0 Å². The molecule has 0 bridgehead atoms. The van der Waals surface area contributed by atoms with Gasteiger partial charge in [0.15, 0.2) is 0 Å². The van der Waals surface area contributed by atoms with Crippen molar-refractivity contribution in [1.82, 2.24) is 15.2 Å². The molecule has 180 valence electrons. The Bertz CT molecular complexity index is 1230. The molecule has 3 heterocycles. The Kier molecular flexibility index (Phi) is 7.45. The van der Waals surface area contributed by atoms with E-state index in [0.29, 0.717) is 12.2 Å². The number of aromatic amines is 1. The van der Waals surface area contributed by atoms with E-state index in [1.54, 1.807) is 16.2 Å². The first kappa shape index (κ1) is 23.6. The van der Waals surface area contributed by atoms with Crippen molar-refractivity contribution in [3.63, 3.8) is 0 Å². The van der Waals surface area contributed by atoms with Crippen molar-refractivity contribution in [3.8, 4) is 11.3 Å². The molecule has 2 N–H and O–H groups in total. The van der Waals surface area contributed by atoms with Crippen LogP contribution in [-0.4, -0.2) is 27.7 Å². The Morgan fingerprint density at radius 3 is 2.40 bits per heavy atom. The Labute approximate surface area is 213 Å². The van der Waals surface area contributed by atoms with E-state index < -0.39 is 6.04 Å². The van der Waals surface area contributed by atoms with Crippen LogP contribution in [0.25, 0.3) is 11.3 Å². The number of carbonyl (C=O) groups excluding carboxylic acids is 2. The molecule has 3 aromatic heterocycles. The van der Waals surface area contributed by atoms with Crippen molar-refractivity contribution < 1.29 is 9.59 Å². The maximum absolute atomic E-state index is 14.0. The number of aromatic nitrogens is 1. The zero-order valence-corrected chi connectivity index (χ0v) is 21.1. The smallest absolute Gasteiger partial charge is 0.271 e. The normalized spacial score (nSPS) is 15.0. The summed E-state index contributed by atoms with van der Waals surface area (Å²) in [6, 6.07) is 21.1. The first-order chi connectivity index (χ1) is 17.2. The van der Waals surface area contributed by atoms with Crippen LogP contribution < -0.4 is 5.32 Å². The third-order valence-electron chi connectivity index (χ3n) is 6.49. The zero-order valence-electron chi connectivity index (χ0n) is 19.5. The summed E-state index contributed by atoms with van der Waals surface area (Å²) < 4.78 is 0. The molecule has 1 atom stereocenters. The van der Waals surface area contributed by atoms with Crippen LogP contribution in [-0.2, 0) is 11.3 Å². The summed E-state index contributed by atoms with van der Waals surface area (Å²) in [4.78, 5) is 34.6. The molecule has 0 aliphatic heterocycles. The highest BCUT2D eigenvalue weighted by atomic mass is 32.1. The van der Waals surface area contributed by atoms with Crippen LogP contribution in [0.15, 0.2) is 77.5 Å². The van der Waals surface area contributed by atoms with Crippen LogP contribution in [0.4, 0.5) is 0 Å². The molecule has 1 fully saturated rings. The van der Waals surface area contributed by atoms with E-state index >= 15 is 0 Å². The fourth-order valence-electron chi connectivity index (χ4n) is 4.71. The average Bonchev–Trinajstić information content (AvgIpc) is 3.68. The maximum Gasteiger partial charge on any atom is 0.271 e. The van der Waals surface area contributed by atoms with Gasteiger partial charge in [-0.1, -0.05) is 61.7 Å². The molecule has 5 rings (SSSR count). The molecular weight excluding hydrogens is 474 g/mol. The molecule has 0 spiro atoms. The highest BCUT2D eigenvalue weighted by Gasteiger charge is 2.35. The summed E-state index contributed by atoms with van der Waals surface area (Å²) in [5.41, 5.74) is 2.37. The van der Waals surface area contributed by atoms with E-state index in [-0.39, 0.29) is 17.9 Å². The van der Waals surface area contributed by atoms with Gasteiger partial charge in [0.2, 0.25) is 5.91 Å².